The van der Waals surface area contributed by atoms with Crippen LogP contribution in [0, 0.1) is 16.7 Å². The summed E-state index contributed by atoms with van der Waals surface area (Å²) in [7, 11) is 0. The quantitative estimate of drug-likeness (QED) is 0.735. The van der Waals surface area contributed by atoms with Crippen LogP contribution in [0.3, 0.4) is 0 Å². The number of ether oxygens (including phenoxy) is 1. The summed E-state index contributed by atoms with van der Waals surface area (Å²) in [6, 6.07) is 0. The van der Waals surface area contributed by atoms with Crippen molar-refractivity contribution in [3.05, 3.63) is 35.5 Å². The Hall–Kier alpha value is -0.900. The van der Waals surface area contributed by atoms with E-state index in [-0.39, 0.29) is 10.8 Å². The molecule has 3 rings (SSSR count). The van der Waals surface area contributed by atoms with Crippen LogP contribution in [0.25, 0.3) is 0 Å². The Morgan fingerprint density at radius 2 is 1.96 bits per heavy atom. The molecule has 0 saturated heterocycles. The van der Waals surface area contributed by atoms with Gasteiger partial charge in [-0.05, 0) is 61.0 Å². The normalized spacial score (nSPS) is 40.6. The van der Waals surface area contributed by atoms with E-state index >= 15 is 0 Å². The van der Waals surface area contributed by atoms with Gasteiger partial charge in [-0.3, -0.25) is 0 Å². The van der Waals surface area contributed by atoms with Crippen molar-refractivity contribution >= 4 is 0 Å². The molecule has 0 unspecified atom stereocenters. The second kappa shape index (κ2) is 7.85. The molecule has 0 bridgehead atoms. The molecular weight excluding hydrogens is 336 g/mol. The van der Waals surface area contributed by atoms with E-state index < -0.39 is 12.2 Å². The molecule has 3 saturated carbocycles. The number of aliphatic hydroxyl groups excluding tert-OH is 2. The van der Waals surface area contributed by atoms with Crippen molar-refractivity contribution in [1.82, 2.24) is 0 Å². The van der Waals surface area contributed by atoms with Crippen LogP contribution in [0.5, 0.6) is 0 Å². The van der Waals surface area contributed by atoms with Crippen molar-refractivity contribution in [2.45, 2.75) is 91.0 Å². The summed E-state index contributed by atoms with van der Waals surface area (Å²) in [5, 5.41) is 20.0. The minimum atomic E-state index is -0.614. The largest absolute Gasteiger partial charge is 0.393 e. The highest BCUT2D eigenvalue weighted by atomic mass is 16.5. The van der Waals surface area contributed by atoms with Gasteiger partial charge in [-0.1, -0.05) is 52.0 Å². The highest BCUT2D eigenvalue weighted by Gasteiger charge is 2.50. The minimum Gasteiger partial charge on any atom is -0.393 e. The Morgan fingerprint density at radius 1 is 1.22 bits per heavy atom. The van der Waals surface area contributed by atoms with Gasteiger partial charge in [0, 0.05) is 11.8 Å². The van der Waals surface area contributed by atoms with Crippen LogP contribution in [0.2, 0.25) is 0 Å². The van der Waals surface area contributed by atoms with Gasteiger partial charge in [0.05, 0.1) is 24.9 Å². The molecule has 27 heavy (non-hydrogen) atoms. The topological polar surface area (TPSA) is 49.7 Å². The highest BCUT2D eigenvalue weighted by molar-refractivity contribution is 5.38. The summed E-state index contributed by atoms with van der Waals surface area (Å²) in [6.07, 6.45) is 10.6. The molecule has 2 N–H and O–H groups in total. The third kappa shape index (κ3) is 4.58. The second-order valence-electron chi connectivity index (χ2n) is 10.4. The number of hydrogen-bond donors (Lipinski definition) is 2. The van der Waals surface area contributed by atoms with Crippen LogP contribution in [0.1, 0.15) is 72.6 Å². The predicted molar refractivity (Wildman–Crippen MR) is 110 cm³/mol. The van der Waals surface area contributed by atoms with E-state index in [1.807, 2.05) is 0 Å². The van der Waals surface area contributed by atoms with E-state index in [1.165, 1.54) is 24.8 Å². The zero-order valence-corrected chi connectivity index (χ0v) is 17.6. The number of hydrogen-bond acceptors (Lipinski definition) is 3. The van der Waals surface area contributed by atoms with Crippen LogP contribution >= 0.6 is 0 Å². The zero-order chi connectivity index (χ0) is 19.8. The average molecular weight is 375 g/mol. The van der Waals surface area contributed by atoms with Gasteiger partial charge in [-0.2, -0.15) is 0 Å². The van der Waals surface area contributed by atoms with E-state index in [0.717, 1.165) is 30.6 Å². The molecule has 0 aliphatic heterocycles. The molecule has 3 aliphatic rings. The molecule has 152 valence electrons. The van der Waals surface area contributed by atoms with Gasteiger partial charge < -0.3 is 14.9 Å². The number of allylic oxidation sites excluding steroid dienone is 3. The fourth-order valence-electron chi connectivity index (χ4n) is 5.28. The summed E-state index contributed by atoms with van der Waals surface area (Å²) in [5.41, 5.74) is 3.72. The van der Waals surface area contributed by atoms with Crippen LogP contribution in [-0.2, 0) is 4.74 Å². The third-order valence-corrected chi connectivity index (χ3v) is 6.86. The molecule has 0 aromatic rings. The maximum atomic E-state index is 10.1. The zero-order valence-electron chi connectivity index (χ0n) is 17.6. The SMILES string of the molecule is C=C1/C(=C\C=C2/CCC[C@]3(C)[C@@H](OCC(C)(C)C)CC[C@@H]23)C[C@@H](O)C[C@@H]1O. The Morgan fingerprint density at radius 3 is 2.67 bits per heavy atom. The lowest BCUT2D eigenvalue weighted by Crippen LogP contribution is -2.39. The molecule has 0 spiro atoms. The van der Waals surface area contributed by atoms with E-state index in [1.54, 1.807) is 0 Å². The van der Waals surface area contributed by atoms with Gasteiger partial charge in [-0.25, -0.2) is 0 Å². The Labute approximate surface area is 165 Å². The maximum Gasteiger partial charge on any atom is 0.0811 e. The Balaban J connectivity index is 1.75. The van der Waals surface area contributed by atoms with Crippen molar-refractivity contribution < 1.29 is 14.9 Å². The van der Waals surface area contributed by atoms with Crippen molar-refractivity contribution in [2.75, 3.05) is 6.61 Å². The van der Waals surface area contributed by atoms with Crippen LogP contribution < -0.4 is 0 Å². The first kappa shape index (κ1) is 20.8. The monoisotopic (exact) mass is 374 g/mol. The standard InChI is InChI=1S/C24H38O3/c1-16-18(13-19(25)14-21(16)26)9-8-17-7-6-12-24(5)20(17)10-11-22(24)27-15-23(2,3)4/h8-9,19-22,25-26H,1,6-7,10-15H2,2-5H3/b17-8+,18-9-/t19-,20+,21+,22+,24+/m1/s1. The lowest BCUT2D eigenvalue weighted by molar-refractivity contribution is -0.0590. The Bertz CT molecular complexity index is 624. The van der Waals surface area contributed by atoms with Crippen molar-refractivity contribution in [3.8, 4) is 0 Å². The van der Waals surface area contributed by atoms with Crippen LogP contribution in [0.15, 0.2) is 35.5 Å². The van der Waals surface area contributed by atoms with Gasteiger partial charge in [0.2, 0.25) is 0 Å². The average Bonchev–Trinajstić information content (AvgIpc) is 2.91. The summed E-state index contributed by atoms with van der Waals surface area (Å²) in [4.78, 5) is 0. The van der Waals surface area contributed by atoms with Crippen LogP contribution in [-0.4, -0.2) is 35.1 Å². The lowest BCUT2D eigenvalue weighted by Gasteiger charge is -2.42. The molecule has 0 amide bonds. The van der Waals surface area contributed by atoms with E-state index in [4.69, 9.17) is 4.74 Å². The molecule has 0 aromatic heterocycles. The number of fused-ring (bicyclic) bond motifs is 1. The van der Waals surface area contributed by atoms with Gasteiger partial charge in [0.1, 0.15) is 0 Å². The fraction of sp³-hybridized carbons (Fsp3) is 0.750. The first-order valence-electron chi connectivity index (χ1n) is 10.7. The maximum absolute atomic E-state index is 10.1. The molecule has 0 radical (unpaired) electrons. The number of aliphatic hydroxyl groups is 2. The van der Waals surface area contributed by atoms with E-state index in [2.05, 4.69) is 46.4 Å². The summed E-state index contributed by atoms with van der Waals surface area (Å²) >= 11 is 0. The second-order valence-corrected chi connectivity index (χ2v) is 10.4. The van der Waals surface area contributed by atoms with Crippen molar-refractivity contribution in [1.29, 1.82) is 0 Å². The molecular formula is C24H38O3. The molecule has 3 fully saturated rings. The van der Waals surface area contributed by atoms with Gasteiger partial charge in [-0.15, -0.1) is 0 Å². The summed E-state index contributed by atoms with van der Waals surface area (Å²) < 4.78 is 6.40. The van der Waals surface area contributed by atoms with Gasteiger partial charge >= 0.3 is 0 Å². The van der Waals surface area contributed by atoms with Crippen LogP contribution in [0.4, 0.5) is 0 Å². The van der Waals surface area contributed by atoms with Gasteiger partial charge in [0.15, 0.2) is 0 Å². The Kier molecular flexibility index (Phi) is 6.05. The fourth-order valence-corrected chi connectivity index (χ4v) is 5.28. The van der Waals surface area contributed by atoms with E-state index in [0.29, 0.717) is 24.9 Å². The first-order valence-corrected chi connectivity index (χ1v) is 10.7. The molecule has 0 heterocycles. The highest BCUT2D eigenvalue weighted by Crippen LogP contribution is 2.55. The minimum absolute atomic E-state index is 0.204. The lowest BCUT2D eigenvalue weighted by atomic mass is 9.66. The molecule has 3 heteroatoms. The van der Waals surface area contributed by atoms with Gasteiger partial charge in [0.25, 0.3) is 0 Å². The van der Waals surface area contributed by atoms with Crippen molar-refractivity contribution in [3.63, 3.8) is 0 Å². The first-order chi connectivity index (χ1) is 12.6. The third-order valence-electron chi connectivity index (χ3n) is 6.86. The number of rotatable bonds is 3. The molecule has 5 atom stereocenters. The van der Waals surface area contributed by atoms with Crippen molar-refractivity contribution in [2.24, 2.45) is 16.7 Å². The summed E-state index contributed by atoms with van der Waals surface area (Å²) in [5.74, 6) is 0.583. The molecule has 0 aromatic carbocycles. The molecule has 3 aliphatic carbocycles. The smallest absolute Gasteiger partial charge is 0.0811 e. The summed E-state index contributed by atoms with van der Waals surface area (Å²) in [6.45, 7) is 14.0. The predicted octanol–water partition coefficient (Wildman–Crippen LogP) is 4.94. The molecule has 3 nitrogen and oxygen atoms in total. The van der Waals surface area contributed by atoms with E-state index in [9.17, 15) is 10.2 Å².